The molecule has 0 unspecified atom stereocenters. The summed E-state index contributed by atoms with van der Waals surface area (Å²) in [6, 6.07) is 14.4. The van der Waals surface area contributed by atoms with E-state index in [9.17, 15) is 4.79 Å². The van der Waals surface area contributed by atoms with E-state index < -0.39 is 0 Å². The third kappa shape index (κ3) is 7.50. The summed E-state index contributed by atoms with van der Waals surface area (Å²) in [6.45, 7) is 6.31. The standard InChI is InChI=1S/C24H33N3O2/c1-20-11-14-27(15-12-20)23-10-9-22(18-25-23)19-26-24(28)8-5-16-29-17-13-21-6-3-2-4-7-21/h2-4,6-7,9-10,18,20H,5,8,11-17,19H2,1H3,(H,26,28). The number of carbonyl (C=O) groups is 1. The maximum absolute atomic E-state index is 12.0. The Morgan fingerprint density at radius 2 is 1.90 bits per heavy atom. The molecule has 1 aliphatic rings. The molecule has 0 atom stereocenters. The van der Waals surface area contributed by atoms with Crippen molar-refractivity contribution in [2.45, 2.75) is 45.6 Å². The van der Waals surface area contributed by atoms with Crippen molar-refractivity contribution in [1.29, 1.82) is 0 Å². The normalized spacial score (nSPS) is 14.7. The van der Waals surface area contributed by atoms with Gasteiger partial charge in [-0.2, -0.15) is 0 Å². The fourth-order valence-corrected chi connectivity index (χ4v) is 3.51. The van der Waals surface area contributed by atoms with E-state index in [1.165, 1.54) is 18.4 Å². The van der Waals surface area contributed by atoms with Crippen molar-refractivity contribution >= 4 is 11.7 Å². The molecule has 0 spiro atoms. The maximum atomic E-state index is 12.0. The van der Waals surface area contributed by atoms with Crippen molar-refractivity contribution in [2.24, 2.45) is 5.92 Å². The fraction of sp³-hybridized carbons (Fsp3) is 0.500. The molecule has 1 aromatic heterocycles. The molecule has 1 amide bonds. The van der Waals surface area contributed by atoms with Gasteiger partial charge in [0, 0.05) is 38.9 Å². The van der Waals surface area contributed by atoms with Crippen LogP contribution in [-0.2, 0) is 22.5 Å². The topological polar surface area (TPSA) is 54.5 Å². The number of nitrogens with zero attached hydrogens (tertiary/aromatic N) is 2. The number of benzene rings is 1. The monoisotopic (exact) mass is 395 g/mol. The zero-order valence-electron chi connectivity index (χ0n) is 17.5. The van der Waals surface area contributed by atoms with E-state index in [2.05, 4.69) is 46.4 Å². The van der Waals surface area contributed by atoms with E-state index in [0.29, 0.717) is 26.2 Å². The van der Waals surface area contributed by atoms with Crippen LogP contribution in [0.15, 0.2) is 48.7 Å². The van der Waals surface area contributed by atoms with Crippen molar-refractivity contribution < 1.29 is 9.53 Å². The van der Waals surface area contributed by atoms with Crippen LogP contribution in [0.2, 0.25) is 0 Å². The van der Waals surface area contributed by atoms with Gasteiger partial charge in [-0.1, -0.05) is 43.3 Å². The van der Waals surface area contributed by atoms with Crippen LogP contribution < -0.4 is 10.2 Å². The van der Waals surface area contributed by atoms with Gasteiger partial charge in [0.2, 0.25) is 5.91 Å². The smallest absolute Gasteiger partial charge is 0.220 e. The second-order valence-electron chi connectivity index (χ2n) is 7.92. The van der Waals surface area contributed by atoms with Crippen molar-refractivity contribution in [3.8, 4) is 0 Å². The summed E-state index contributed by atoms with van der Waals surface area (Å²) in [5, 5.41) is 2.97. The molecule has 1 fully saturated rings. The van der Waals surface area contributed by atoms with Crippen LogP contribution in [0.4, 0.5) is 5.82 Å². The Kier molecular flexibility index (Phi) is 8.50. The molecule has 0 aliphatic carbocycles. The Hall–Kier alpha value is -2.40. The molecule has 5 nitrogen and oxygen atoms in total. The Bertz CT molecular complexity index is 726. The summed E-state index contributed by atoms with van der Waals surface area (Å²) >= 11 is 0. The van der Waals surface area contributed by atoms with Gasteiger partial charge in [-0.15, -0.1) is 0 Å². The SMILES string of the molecule is CC1CCN(c2ccc(CNC(=O)CCCOCCc3ccccc3)cn2)CC1. The minimum Gasteiger partial charge on any atom is -0.381 e. The Balaban J connectivity index is 1.26. The second-order valence-corrected chi connectivity index (χ2v) is 7.92. The number of hydrogen-bond acceptors (Lipinski definition) is 4. The summed E-state index contributed by atoms with van der Waals surface area (Å²) in [6.07, 6.45) is 6.48. The zero-order chi connectivity index (χ0) is 20.3. The number of anilines is 1. The molecular weight excluding hydrogens is 362 g/mol. The number of carbonyl (C=O) groups excluding carboxylic acids is 1. The highest BCUT2D eigenvalue weighted by Crippen LogP contribution is 2.21. The number of rotatable bonds is 10. The van der Waals surface area contributed by atoms with Crippen molar-refractivity contribution in [2.75, 3.05) is 31.2 Å². The van der Waals surface area contributed by atoms with Gasteiger partial charge in [0.1, 0.15) is 5.82 Å². The van der Waals surface area contributed by atoms with E-state index in [1.807, 2.05) is 24.4 Å². The first kappa shape index (κ1) is 21.3. The van der Waals surface area contributed by atoms with E-state index in [-0.39, 0.29) is 5.91 Å². The number of ether oxygens (including phenoxy) is 1. The van der Waals surface area contributed by atoms with Crippen molar-refractivity contribution in [3.63, 3.8) is 0 Å². The molecule has 0 bridgehead atoms. The zero-order valence-corrected chi connectivity index (χ0v) is 17.5. The number of piperidine rings is 1. The fourth-order valence-electron chi connectivity index (χ4n) is 3.51. The molecule has 2 aromatic rings. The number of hydrogen-bond donors (Lipinski definition) is 1. The van der Waals surface area contributed by atoms with Crippen molar-refractivity contribution in [3.05, 3.63) is 59.8 Å². The van der Waals surface area contributed by atoms with Gasteiger partial charge in [0.25, 0.3) is 0 Å². The average Bonchev–Trinajstić information content (AvgIpc) is 2.76. The van der Waals surface area contributed by atoms with Crippen LogP contribution in [0.1, 0.15) is 43.7 Å². The molecule has 1 saturated heterocycles. The highest BCUT2D eigenvalue weighted by atomic mass is 16.5. The summed E-state index contributed by atoms with van der Waals surface area (Å²) in [5.41, 5.74) is 2.31. The summed E-state index contributed by atoms with van der Waals surface area (Å²) in [5.74, 6) is 1.92. The molecule has 29 heavy (non-hydrogen) atoms. The Morgan fingerprint density at radius 1 is 1.10 bits per heavy atom. The first-order chi connectivity index (χ1) is 14.2. The lowest BCUT2D eigenvalue weighted by Crippen LogP contribution is -2.33. The molecule has 1 aliphatic heterocycles. The van der Waals surface area contributed by atoms with Crippen LogP contribution in [-0.4, -0.2) is 37.2 Å². The van der Waals surface area contributed by atoms with Gasteiger partial charge in [0.15, 0.2) is 0 Å². The number of pyridine rings is 1. The van der Waals surface area contributed by atoms with Crippen LogP contribution >= 0.6 is 0 Å². The number of nitrogens with one attached hydrogen (secondary N) is 1. The highest BCUT2D eigenvalue weighted by molar-refractivity contribution is 5.75. The molecule has 1 aromatic carbocycles. The van der Waals surface area contributed by atoms with Gasteiger partial charge in [0.05, 0.1) is 6.61 Å². The second kappa shape index (κ2) is 11.6. The van der Waals surface area contributed by atoms with E-state index in [0.717, 1.165) is 43.2 Å². The Morgan fingerprint density at radius 3 is 2.62 bits per heavy atom. The van der Waals surface area contributed by atoms with Crippen LogP contribution in [0.25, 0.3) is 0 Å². The third-order valence-corrected chi connectivity index (χ3v) is 5.48. The minimum absolute atomic E-state index is 0.0609. The van der Waals surface area contributed by atoms with Crippen LogP contribution in [0, 0.1) is 5.92 Å². The maximum Gasteiger partial charge on any atom is 0.220 e. The van der Waals surface area contributed by atoms with Gasteiger partial charge in [-0.05, 0) is 48.8 Å². The van der Waals surface area contributed by atoms with Gasteiger partial charge in [-0.25, -0.2) is 4.98 Å². The molecule has 2 heterocycles. The predicted octanol–water partition coefficient (Wildman–Crippen LogP) is 3.97. The lowest BCUT2D eigenvalue weighted by atomic mass is 9.99. The Labute approximate surface area is 174 Å². The molecular formula is C24H33N3O2. The first-order valence-electron chi connectivity index (χ1n) is 10.8. The van der Waals surface area contributed by atoms with Crippen molar-refractivity contribution in [1.82, 2.24) is 10.3 Å². The van der Waals surface area contributed by atoms with Crippen LogP contribution in [0.3, 0.4) is 0 Å². The van der Waals surface area contributed by atoms with E-state index in [1.54, 1.807) is 0 Å². The number of amides is 1. The summed E-state index contributed by atoms with van der Waals surface area (Å²) in [7, 11) is 0. The molecule has 156 valence electrons. The minimum atomic E-state index is 0.0609. The molecule has 3 rings (SSSR count). The van der Waals surface area contributed by atoms with Crippen LogP contribution in [0.5, 0.6) is 0 Å². The number of aromatic nitrogens is 1. The van der Waals surface area contributed by atoms with Gasteiger partial charge in [-0.3, -0.25) is 4.79 Å². The van der Waals surface area contributed by atoms with Gasteiger partial charge < -0.3 is 15.0 Å². The quantitative estimate of drug-likeness (QED) is 0.619. The van der Waals surface area contributed by atoms with E-state index >= 15 is 0 Å². The summed E-state index contributed by atoms with van der Waals surface area (Å²) in [4.78, 5) is 18.9. The van der Waals surface area contributed by atoms with E-state index in [4.69, 9.17) is 4.74 Å². The third-order valence-electron chi connectivity index (χ3n) is 5.48. The predicted molar refractivity (Wildman–Crippen MR) is 117 cm³/mol. The lowest BCUT2D eigenvalue weighted by Gasteiger charge is -2.31. The molecule has 0 radical (unpaired) electrons. The summed E-state index contributed by atoms with van der Waals surface area (Å²) < 4.78 is 5.63. The largest absolute Gasteiger partial charge is 0.381 e. The molecule has 5 heteroatoms. The first-order valence-corrected chi connectivity index (χ1v) is 10.8. The molecule has 1 N–H and O–H groups in total. The lowest BCUT2D eigenvalue weighted by molar-refractivity contribution is -0.121. The highest BCUT2D eigenvalue weighted by Gasteiger charge is 2.16. The van der Waals surface area contributed by atoms with Gasteiger partial charge >= 0.3 is 0 Å². The molecule has 0 saturated carbocycles. The average molecular weight is 396 g/mol.